The van der Waals surface area contributed by atoms with Gasteiger partial charge in [-0.25, -0.2) is 13.2 Å². The zero-order chi connectivity index (χ0) is 24.3. The third kappa shape index (κ3) is 6.24. The molecule has 2 nitrogen and oxygen atoms in total. The van der Waals surface area contributed by atoms with Crippen molar-refractivity contribution in [3.8, 4) is 11.1 Å². The van der Waals surface area contributed by atoms with Crippen LogP contribution >= 0.6 is 0 Å². The number of alkyl halides is 1. The van der Waals surface area contributed by atoms with Gasteiger partial charge < -0.3 is 9.80 Å². The highest BCUT2D eigenvalue weighted by Crippen LogP contribution is 2.31. The predicted octanol–water partition coefficient (Wildman–Crippen LogP) is 7.09. The number of aryl methyl sites for hydroxylation is 1. The Morgan fingerprint density at radius 1 is 0.971 bits per heavy atom. The molecule has 5 heteroatoms. The summed E-state index contributed by atoms with van der Waals surface area (Å²) < 4.78 is 43.7. The van der Waals surface area contributed by atoms with E-state index in [9.17, 15) is 13.2 Å². The summed E-state index contributed by atoms with van der Waals surface area (Å²) in [4.78, 5) is 4.31. The molecule has 2 aliphatic rings. The molecule has 2 heterocycles. The molecule has 0 aromatic heterocycles. The van der Waals surface area contributed by atoms with Crippen LogP contribution in [0.25, 0.3) is 16.8 Å². The highest BCUT2D eigenvalue weighted by Gasteiger charge is 2.25. The van der Waals surface area contributed by atoms with E-state index in [-0.39, 0.29) is 11.6 Å². The van der Waals surface area contributed by atoms with Crippen molar-refractivity contribution in [3.05, 3.63) is 65.7 Å². The first kappa shape index (κ1) is 24.8. The van der Waals surface area contributed by atoms with Crippen molar-refractivity contribution in [3.63, 3.8) is 0 Å². The second-order valence-corrected chi connectivity index (χ2v) is 10.6. The minimum atomic E-state index is -1.16. The highest BCUT2D eigenvalue weighted by atomic mass is 19.1. The average molecular weight is 471 g/mol. The molecule has 2 aromatic carbocycles. The van der Waals surface area contributed by atoms with Crippen LogP contribution in [0, 0.1) is 17.6 Å². The monoisotopic (exact) mass is 470 g/mol. The molecular weight excluding hydrogens is 433 g/mol. The summed E-state index contributed by atoms with van der Waals surface area (Å²) in [6, 6.07) is 10.2. The summed E-state index contributed by atoms with van der Waals surface area (Å²) >= 11 is 0. The molecule has 0 N–H and O–H groups in total. The van der Waals surface area contributed by atoms with Gasteiger partial charge in [0.1, 0.15) is 17.3 Å². The maximum atomic E-state index is 15.0. The van der Waals surface area contributed by atoms with E-state index in [1.165, 1.54) is 6.07 Å². The number of hydrogen-bond acceptors (Lipinski definition) is 2. The Kier molecular flexibility index (Phi) is 7.71. The molecule has 34 heavy (non-hydrogen) atoms. The van der Waals surface area contributed by atoms with Gasteiger partial charge in [0.2, 0.25) is 0 Å². The number of nitrogens with zero attached hydrogens (tertiary/aromatic N) is 2. The normalized spacial score (nSPS) is 18.0. The molecule has 0 bridgehead atoms. The Labute approximate surface area is 202 Å². The van der Waals surface area contributed by atoms with E-state index in [4.69, 9.17) is 0 Å². The third-order valence-corrected chi connectivity index (χ3v) is 7.26. The fourth-order valence-electron chi connectivity index (χ4n) is 5.36. The predicted molar refractivity (Wildman–Crippen MR) is 134 cm³/mol. The Balaban J connectivity index is 1.34. The van der Waals surface area contributed by atoms with Gasteiger partial charge >= 0.3 is 0 Å². The molecule has 184 valence electrons. The van der Waals surface area contributed by atoms with Gasteiger partial charge in [-0.05, 0) is 101 Å². The van der Waals surface area contributed by atoms with E-state index < -0.39 is 5.67 Å². The van der Waals surface area contributed by atoms with E-state index in [2.05, 4.69) is 16.4 Å². The molecule has 4 rings (SSSR count). The zero-order valence-corrected chi connectivity index (χ0v) is 20.6. The summed E-state index contributed by atoms with van der Waals surface area (Å²) in [5.74, 6) is -0.0876. The summed E-state index contributed by atoms with van der Waals surface area (Å²) in [6.07, 6.45) is 6.16. The quantitative estimate of drug-likeness (QED) is 0.406. The van der Waals surface area contributed by atoms with Gasteiger partial charge in [0, 0.05) is 36.5 Å². The van der Waals surface area contributed by atoms with E-state index in [0.29, 0.717) is 34.9 Å². The zero-order valence-electron chi connectivity index (χ0n) is 20.6. The van der Waals surface area contributed by atoms with Gasteiger partial charge in [-0.1, -0.05) is 24.8 Å². The lowest BCUT2D eigenvalue weighted by Gasteiger charge is -2.34. The first-order valence-corrected chi connectivity index (χ1v) is 12.6. The number of halogens is 3. The lowest BCUT2D eigenvalue weighted by atomic mass is 9.89. The number of rotatable bonds is 8. The summed E-state index contributed by atoms with van der Waals surface area (Å²) in [7, 11) is 0. The lowest BCUT2D eigenvalue weighted by Crippen LogP contribution is -2.41. The van der Waals surface area contributed by atoms with E-state index in [0.717, 1.165) is 70.3 Å². The molecule has 0 amide bonds. The number of benzene rings is 2. The minimum absolute atomic E-state index is 0.317. The topological polar surface area (TPSA) is 6.48 Å². The molecule has 2 aromatic rings. The molecule has 0 radical (unpaired) electrons. The average Bonchev–Trinajstić information content (AvgIpc) is 3.32. The van der Waals surface area contributed by atoms with Gasteiger partial charge in [-0.3, -0.25) is 0 Å². The molecule has 2 saturated heterocycles. The van der Waals surface area contributed by atoms with Crippen molar-refractivity contribution >= 4 is 5.70 Å². The summed E-state index contributed by atoms with van der Waals surface area (Å²) in [5, 5.41) is 0. The van der Waals surface area contributed by atoms with Crippen LogP contribution in [0.4, 0.5) is 13.2 Å². The van der Waals surface area contributed by atoms with Crippen LogP contribution in [-0.4, -0.2) is 48.2 Å². The molecule has 0 saturated carbocycles. The first-order valence-electron chi connectivity index (χ1n) is 12.6. The van der Waals surface area contributed by atoms with Gasteiger partial charge in [0.15, 0.2) is 0 Å². The van der Waals surface area contributed by atoms with E-state index in [1.54, 1.807) is 38.1 Å². The van der Waals surface area contributed by atoms with Crippen LogP contribution in [0.15, 0.2) is 43.0 Å². The second-order valence-electron chi connectivity index (χ2n) is 10.6. The molecular formula is C29H37F3N2. The van der Waals surface area contributed by atoms with E-state index in [1.807, 2.05) is 6.07 Å². The van der Waals surface area contributed by atoms with Crippen LogP contribution in [-0.2, 0) is 6.42 Å². The Morgan fingerprint density at radius 3 is 2.29 bits per heavy atom. The van der Waals surface area contributed by atoms with Crippen LogP contribution < -0.4 is 0 Å². The third-order valence-electron chi connectivity index (χ3n) is 7.26. The second kappa shape index (κ2) is 10.6. The molecule has 0 aliphatic carbocycles. The van der Waals surface area contributed by atoms with Crippen molar-refractivity contribution < 1.29 is 13.2 Å². The largest absolute Gasteiger partial charge is 0.371 e. The number of likely N-dealkylation sites (tertiary alicyclic amines) is 2. The van der Waals surface area contributed by atoms with Crippen molar-refractivity contribution in [1.29, 1.82) is 0 Å². The summed E-state index contributed by atoms with van der Waals surface area (Å²) in [6.45, 7) is 11.5. The molecule has 0 atom stereocenters. The van der Waals surface area contributed by atoms with Crippen LogP contribution in [0.5, 0.6) is 0 Å². The highest BCUT2D eigenvalue weighted by molar-refractivity contribution is 5.70. The van der Waals surface area contributed by atoms with Gasteiger partial charge in [-0.15, -0.1) is 0 Å². The van der Waals surface area contributed by atoms with Gasteiger partial charge in [-0.2, -0.15) is 0 Å². The Morgan fingerprint density at radius 2 is 1.68 bits per heavy atom. The fraction of sp³-hybridized carbons (Fsp3) is 0.517. The smallest absolute Gasteiger partial charge is 0.133 e. The van der Waals surface area contributed by atoms with Gasteiger partial charge in [0.05, 0.1) is 0 Å². The van der Waals surface area contributed by atoms with Crippen molar-refractivity contribution in [2.45, 2.75) is 58.0 Å². The minimum Gasteiger partial charge on any atom is -0.371 e. The van der Waals surface area contributed by atoms with Gasteiger partial charge in [0.25, 0.3) is 0 Å². The maximum absolute atomic E-state index is 15.0. The molecule has 2 fully saturated rings. The van der Waals surface area contributed by atoms with Crippen molar-refractivity contribution in [1.82, 2.24) is 9.80 Å². The van der Waals surface area contributed by atoms with Crippen molar-refractivity contribution in [2.75, 3.05) is 32.7 Å². The van der Waals surface area contributed by atoms with Crippen LogP contribution in [0.1, 0.15) is 57.1 Å². The van der Waals surface area contributed by atoms with Crippen molar-refractivity contribution in [2.24, 2.45) is 5.92 Å². The maximum Gasteiger partial charge on any atom is 0.133 e. The van der Waals surface area contributed by atoms with E-state index >= 15 is 0 Å². The fourth-order valence-corrected chi connectivity index (χ4v) is 5.36. The number of hydrogen-bond donors (Lipinski definition) is 0. The Hall–Kier alpha value is -2.27. The standard InChI is InChI=1S/C29H37F3N2/c1-21(34-14-4-5-15-34)25-11-9-24(19-28(25)31)26-10-8-23(18-27(26)30)7-6-22-12-16-33(17-13-22)20-29(2,3)32/h8-11,18-19,22H,1,4-7,12-17,20H2,2-3H3. The Bertz CT molecular complexity index is 997. The van der Waals surface area contributed by atoms with Crippen LogP contribution in [0.3, 0.4) is 0 Å². The first-order chi connectivity index (χ1) is 16.2. The lowest BCUT2D eigenvalue weighted by molar-refractivity contribution is 0.0943. The number of piperidine rings is 1. The van der Waals surface area contributed by atoms with Crippen LogP contribution in [0.2, 0.25) is 0 Å². The molecule has 2 aliphatic heterocycles. The summed E-state index contributed by atoms with van der Waals surface area (Å²) in [5.41, 5.74) is 1.97. The SMILES string of the molecule is C=C(c1ccc(-c2ccc(CCC3CCN(CC(C)(C)F)CC3)cc2F)cc1F)N1CCCC1. The molecule has 0 unspecified atom stereocenters. The molecule has 0 spiro atoms.